The molecular weight excluding hydrogens is 272 g/mol. The normalized spacial score (nSPS) is 10.6. The Morgan fingerprint density at radius 3 is 2.75 bits per heavy atom. The standard InChI is InChI=1S/C11H11F2N5O2/c1-18-5-7(2-16-18)8-3-15-10(4-14-8)17-11(19)20-6-9(12)13/h2-5,9H,6H2,1H3,(H,15,17,19). The van der Waals surface area contributed by atoms with Gasteiger partial charge in [-0.3, -0.25) is 15.0 Å². The van der Waals surface area contributed by atoms with Crippen LogP contribution in [0.3, 0.4) is 0 Å². The van der Waals surface area contributed by atoms with Crippen molar-refractivity contribution in [1.82, 2.24) is 19.7 Å². The van der Waals surface area contributed by atoms with Gasteiger partial charge in [-0.1, -0.05) is 0 Å². The largest absolute Gasteiger partial charge is 0.443 e. The van der Waals surface area contributed by atoms with Crippen LogP contribution < -0.4 is 5.32 Å². The zero-order valence-corrected chi connectivity index (χ0v) is 10.5. The topological polar surface area (TPSA) is 81.9 Å². The number of hydrogen-bond acceptors (Lipinski definition) is 5. The lowest BCUT2D eigenvalue weighted by Crippen LogP contribution is -2.18. The van der Waals surface area contributed by atoms with Crippen LogP contribution in [-0.2, 0) is 11.8 Å². The summed E-state index contributed by atoms with van der Waals surface area (Å²) in [6, 6.07) is 0. The van der Waals surface area contributed by atoms with Crippen LogP contribution in [0.1, 0.15) is 0 Å². The Hall–Kier alpha value is -2.58. The molecular formula is C11H11F2N5O2. The molecule has 106 valence electrons. The first kappa shape index (κ1) is 13.8. The maximum Gasteiger partial charge on any atom is 0.413 e. The molecule has 0 fully saturated rings. The SMILES string of the molecule is Cn1cc(-c2cnc(NC(=O)OCC(F)F)cn2)cn1. The van der Waals surface area contributed by atoms with E-state index in [2.05, 4.69) is 25.1 Å². The first-order chi connectivity index (χ1) is 9.54. The Morgan fingerprint density at radius 1 is 1.40 bits per heavy atom. The van der Waals surface area contributed by atoms with Crippen molar-refractivity contribution < 1.29 is 18.3 Å². The first-order valence-corrected chi connectivity index (χ1v) is 5.57. The molecule has 0 aliphatic heterocycles. The van der Waals surface area contributed by atoms with Crippen molar-refractivity contribution in [3.8, 4) is 11.3 Å². The summed E-state index contributed by atoms with van der Waals surface area (Å²) in [7, 11) is 1.77. The molecule has 0 saturated heterocycles. The lowest BCUT2D eigenvalue weighted by Gasteiger charge is -2.05. The number of aryl methyl sites for hydroxylation is 1. The number of anilines is 1. The number of alkyl halides is 2. The molecule has 20 heavy (non-hydrogen) atoms. The highest BCUT2D eigenvalue weighted by atomic mass is 19.3. The van der Waals surface area contributed by atoms with Crippen LogP contribution in [0.5, 0.6) is 0 Å². The second-order valence-corrected chi connectivity index (χ2v) is 3.80. The molecule has 9 heteroatoms. The number of carbonyl (C=O) groups is 1. The van der Waals surface area contributed by atoms with Crippen molar-refractivity contribution in [1.29, 1.82) is 0 Å². The fourth-order valence-electron chi connectivity index (χ4n) is 1.37. The van der Waals surface area contributed by atoms with E-state index in [1.807, 2.05) is 0 Å². The highest BCUT2D eigenvalue weighted by Gasteiger charge is 2.10. The van der Waals surface area contributed by atoms with Crippen molar-refractivity contribution in [2.75, 3.05) is 11.9 Å². The van der Waals surface area contributed by atoms with E-state index in [-0.39, 0.29) is 5.82 Å². The number of aromatic nitrogens is 4. The molecule has 1 amide bonds. The van der Waals surface area contributed by atoms with E-state index >= 15 is 0 Å². The van der Waals surface area contributed by atoms with Crippen LogP contribution in [0.4, 0.5) is 19.4 Å². The summed E-state index contributed by atoms with van der Waals surface area (Å²) in [6.07, 6.45) is 2.39. The molecule has 2 heterocycles. The molecule has 0 radical (unpaired) electrons. The predicted molar refractivity (Wildman–Crippen MR) is 65.2 cm³/mol. The zero-order valence-electron chi connectivity index (χ0n) is 10.5. The second kappa shape index (κ2) is 6.04. The van der Waals surface area contributed by atoms with Crippen LogP contribution in [-0.4, -0.2) is 38.9 Å². The maximum absolute atomic E-state index is 11.8. The van der Waals surface area contributed by atoms with E-state index < -0.39 is 19.1 Å². The monoisotopic (exact) mass is 283 g/mol. The van der Waals surface area contributed by atoms with Gasteiger partial charge in [0.1, 0.15) is 0 Å². The average Bonchev–Trinajstić information content (AvgIpc) is 2.84. The highest BCUT2D eigenvalue weighted by Crippen LogP contribution is 2.15. The summed E-state index contributed by atoms with van der Waals surface area (Å²) >= 11 is 0. The van der Waals surface area contributed by atoms with Gasteiger partial charge in [0.05, 0.1) is 24.3 Å². The fourth-order valence-corrected chi connectivity index (χ4v) is 1.37. The molecule has 0 aromatic carbocycles. The van der Waals surface area contributed by atoms with Crippen LogP contribution >= 0.6 is 0 Å². The molecule has 0 bridgehead atoms. The lowest BCUT2D eigenvalue weighted by atomic mass is 10.3. The van der Waals surface area contributed by atoms with Gasteiger partial charge in [-0.25, -0.2) is 18.6 Å². The number of nitrogens with zero attached hydrogens (tertiary/aromatic N) is 4. The maximum atomic E-state index is 11.8. The minimum Gasteiger partial charge on any atom is -0.443 e. The molecule has 7 nitrogen and oxygen atoms in total. The van der Waals surface area contributed by atoms with Crippen molar-refractivity contribution >= 4 is 11.9 Å². The van der Waals surface area contributed by atoms with Gasteiger partial charge in [0.25, 0.3) is 6.43 Å². The van der Waals surface area contributed by atoms with Gasteiger partial charge in [0.2, 0.25) is 0 Å². The molecule has 0 unspecified atom stereocenters. The zero-order chi connectivity index (χ0) is 14.5. The number of amides is 1. The number of carbonyl (C=O) groups excluding carboxylic acids is 1. The van der Waals surface area contributed by atoms with Crippen LogP contribution in [0, 0.1) is 0 Å². The number of nitrogens with one attached hydrogen (secondary N) is 1. The summed E-state index contributed by atoms with van der Waals surface area (Å²) in [4.78, 5) is 19.1. The molecule has 0 aliphatic carbocycles. The lowest BCUT2D eigenvalue weighted by molar-refractivity contribution is 0.0547. The number of halogens is 2. The number of ether oxygens (including phenoxy) is 1. The van der Waals surface area contributed by atoms with E-state index in [4.69, 9.17) is 0 Å². The van der Waals surface area contributed by atoms with Crippen LogP contribution in [0.25, 0.3) is 11.3 Å². The van der Waals surface area contributed by atoms with Gasteiger partial charge in [-0.2, -0.15) is 5.10 Å². The van der Waals surface area contributed by atoms with Gasteiger partial charge in [-0.05, 0) is 0 Å². The van der Waals surface area contributed by atoms with Crippen molar-refractivity contribution in [2.24, 2.45) is 7.05 Å². The fraction of sp³-hybridized carbons (Fsp3) is 0.273. The molecule has 0 spiro atoms. The van der Waals surface area contributed by atoms with Crippen LogP contribution in [0.15, 0.2) is 24.8 Å². The Bertz CT molecular complexity index is 585. The third-order valence-electron chi connectivity index (χ3n) is 2.22. The van der Waals surface area contributed by atoms with Gasteiger partial charge in [-0.15, -0.1) is 0 Å². The average molecular weight is 283 g/mol. The third-order valence-corrected chi connectivity index (χ3v) is 2.22. The molecule has 2 aromatic heterocycles. The molecule has 0 saturated carbocycles. The summed E-state index contributed by atoms with van der Waals surface area (Å²) in [5.74, 6) is 0.108. The van der Waals surface area contributed by atoms with Crippen molar-refractivity contribution in [3.05, 3.63) is 24.8 Å². The van der Waals surface area contributed by atoms with Gasteiger partial charge in [0, 0.05) is 18.8 Å². The molecule has 0 aliphatic rings. The summed E-state index contributed by atoms with van der Waals surface area (Å²) in [5, 5.41) is 6.18. The molecule has 1 N–H and O–H groups in total. The Morgan fingerprint density at radius 2 is 2.20 bits per heavy atom. The summed E-state index contributed by atoms with van der Waals surface area (Å²) in [6.45, 7) is -0.965. The Labute approximate surface area is 112 Å². The number of rotatable bonds is 4. The van der Waals surface area contributed by atoms with E-state index in [1.54, 1.807) is 24.1 Å². The van der Waals surface area contributed by atoms with E-state index in [1.165, 1.54) is 12.4 Å². The van der Waals surface area contributed by atoms with Crippen molar-refractivity contribution in [2.45, 2.75) is 6.43 Å². The quantitative estimate of drug-likeness (QED) is 0.923. The predicted octanol–water partition coefficient (Wildman–Crippen LogP) is 1.69. The Balaban J connectivity index is 1.96. The van der Waals surface area contributed by atoms with E-state index in [0.29, 0.717) is 5.69 Å². The van der Waals surface area contributed by atoms with Gasteiger partial charge < -0.3 is 4.74 Å². The minimum absolute atomic E-state index is 0.108. The molecule has 0 atom stereocenters. The van der Waals surface area contributed by atoms with Gasteiger partial charge in [0.15, 0.2) is 12.4 Å². The third kappa shape index (κ3) is 3.70. The van der Waals surface area contributed by atoms with E-state index in [9.17, 15) is 13.6 Å². The Kier molecular flexibility index (Phi) is 4.18. The molecule has 2 rings (SSSR count). The smallest absolute Gasteiger partial charge is 0.413 e. The second-order valence-electron chi connectivity index (χ2n) is 3.80. The van der Waals surface area contributed by atoms with E-state index in [0.717, 1.165) is 5.56 Å². The first-order valence-electron chi connectivity index (χ1n) is 5.57. The summed E-state index contributed by atoms with van der Waals surface area (Å²) < 4.78 is 29.5. The minimum atomic E-state index is -2.71. The van der Waals surface area contributed by atoms with Crippen molar-refractivity contribution in [3.63, 3.8) is 0 Å². The highest BCUT2D eigenvalue weighted by molar-refractivity contribution is 5.83. The number of hydrogen-bond donors (Lipinski definition) is 1. The van der Waals surface area contributed by atoms with Crippen LogP contribution in [0.2, 0.25) is 0 Å². The summed E-state index contributed by atoms with van der Waals surface area (Å²) in [5.41, 5.74) is 1.34. The molecule has 2 aromatic rings. The van der Waals surface area contributed by atoms with Gasteiger partial charge >= 0.3 is 6.09 Å².